The van der Waals surface area contributed by atoms with Crippen molar-refractivity contribution in [2.45, 2.75) is 12.1 Å². The van der Waals surface area contributed by atoms with Gasteiger partial charge >= 0.3 is 0 Å². The number of nitro groups is 1. The molecule has 10 nitrogen and oxygen atoms in total. The number of para-hydroxylation sites is 1. The molecule has 2 heterocycles. The highest BCUT2D eigenvalue weighted by atomic mass is 16.6. The Kier molecular flexibility index (Phi) is 5.33. The van der Waals surface area contributed by atoms with Gasteiger partial charge in [0.25, 0.3) is 5.69 Å². The van der Waals surface area contributed by atoms with Gasteiger partial charge in [-0.05, 0) is 29.8 Å². The van der Waals surface area contributed by atoms with Crippen LogP contribution in [0.15, 0.2) is 67.1 Å². The van der Waals surface area contributed by atoms with Crippen molar-refractivity contribution in [2.24, 2.45) is 0 Å². The van der Waals surface area contributed by atoms with Crippen molar-refractivity contribution in [1.82, 2.24) is 19.7 Å². The summed E-state index contributed by atoms with van der Waals surface area (Å²) in [6, 6.07) is 14.2. The van der Waals surface area contributed by atoms with Crippen LogP contribution < -0.4 is 5.32 Å². The van der Waals surface area contributed by atoms with E-state index in [1.54, 1.807) is 10.9 Å². The van der Waals surface area contributed by atoms with Crippen LogP contribution in [0.3, 0.4) is 0 Å². The number of nitrogens with zero attached hydrogens (tertiary/aromatic N) is 5. The van der Waals surface area contributed by atoms with Crippen molar-refractivity contribution < 1.29 is 15.1 Å². The number of nitro benzene ring substituents is 1. The largest absolute Gasteiger partial charge is 0.394 e. The molecule has 0 saturated carbocycles. The van der Waals surface area contributed by atoms with E-state index in [2.05, 4.69) is 20.4 Å². The molecule has 0 aliphatic rings. The second-order valence-corrected chi connectivity index (χ2v) is 6.58. The zero-order valence-corrected chi connectivity index (χ0v) is 15.7. The molecule has 0 radical (unpaired) electrons. The van der Waals surface area contributed by atoms with Gasteiger partial charge in [0.15, 0.2) is 5.65 Å². The van der Waals surface area contributed by atoms with Crippen LogP contribution in [0.25, 0.3) is 16.7 Å². The van der Waals surface area contributed by atoms with E-state index in [1.165, 1.54) is 30.6 Å². The maximum atomic E-state index is 10.8. The lowest BCUT2D eigenvalue weighted by molar-refractivity contribution is -0.384. The molecule has 0 unspecified atom stereocenters. The number of benzene rings is 2. The SMILES string of the molecule is O=[N+]([O-])c1ccc([C@H](O)[C@@H](CO)Nc2ncnc3c2cnn3-c2ccccc2)cc1. The van der Waals surface area contributed by atoms with Gasteiger partial charge in [-0.1, -0.05) is 18.2 Å². The summed E-state index contributed by atoms with van der Waals surface area (Å²) in [6.45, 7) is -0.392. The maximum absolute atomic E-state index is 10.8. The first-order chi connectivity index (χ1) is 14.6. The Bertz CT molecular complexity index is 1160. The lowest BCUT2D eigenvalue weighted by atomic mass is 10.0. The van der Waals surface area contributed by atoms with Crippen molar-refractivity contribution in [3.63, 3.8) is 0 Å². The van der Waals surface area contributed by atoms with Crippen molar-refractivity contribution in [1.29, 1.82) is 0 Å². The Labute approximate surface area is 170 Å². The molecule has 0 fully saturated rings. The Morgan fingerprint density at radius 1 is 1.10 bits per heavy atom. The van der Waals surface area contributed by atoms with Gasteiger partial charge in [-0.2, -0.15) is 5.10 Å². The summed E-state index contributed by atoms with van der Waals surface area (Å²) in [5.41, 5.74) is 1.75. The average Bonchev–Trinajstić information content (AvgIpc) is 3.22. The highest BCUT2D eigenvalue weighted by molar-refractivity contribution is 5.87. The molecular formula is C20H18N6O4. The predicted molar refractivity (Wildman–Crippen MR) is 109 cm³/mol. The molecule has 4 rings (SSSR count). The summed E-state index contributed by atoms with van der Waals surface area (Å²) in [5.74, 6) is 0.405. The number of hydrogen-bond donors (Lipinski definition) is 3. The molecule has 2 aromatic heterocycles. The standard InChI is InChI=1S/C20H18N6O4/c27-11-17(18(28)13-6-8-15(9-7-13)26(29)30)24-19-16-10-23-25(20(16)22-12-21-19)14-4-2-1-3-5-14/h1-10,12,17-18,27-28H,11H2,(H,21,22,24)/t17-,18+/m1/s1. The average molecular weight is 406 g/mol. The molecule has 0 amide bonds. The number of rotatable bonds is 7. The van der Waals surface area contributed by atoms with Crippen LogP contribution in [-0.4, -0.2) is 47.5 Å². The summed E-state index contributed by atoms with van der Waals surface area (Å²) in [7, 11) is 0. The molecule has 2 atom stereocenters. The van der Waals surface area contributed by atoms with E-state index in [0.29, 0.717) is 22.4 Å². The van der Waals surface area contributed by atoms with Crippen LogP contribution in [0.5, 0.6) is 0 Å². The van der Waals surface area contributed by atoms with Gasteiger partial charge in [-0.15, -0.1) is 0 Å². The molecular weight excluding hydrogens is 388 g/mol. The molecule has 4 aromatic rings. The molecule has 0 spiro atoms. The Hall–Kier alpha value is -3.89. The molecule has 0 aliphatic carbocycles. The third kappa shape index (κ3) is 3.69. The fourth-order valence-electron chi connectivity index (χ4n) is 3.14. The van der Waals surface area contributed by atoms with Gasteiger partial charge in [0, 0.05) is 12.1 Å². The van der Waals surface area contributed by atoms with E-state index in [-0.39, 0.29) is 5.69 Å². The first-order valence-corrected chi connectivity index (χ1v) is 9.12. The summed E-state index contributed by atoms with van der Waals surface area (Å²) < 4.78 is 1.67. The minimum atomic E-state index is -1.12. The van der Waals surface area contributed by atoms with E-state index < -0.39 is 23.7 Å². The molecule has 152 valence electrons. The second-order valence-electron chi connectivity index (χ2n) is 6.58. The summed E-state index contributed by atoms with van der Waals surface area (Å²) in [4.78, 5) is 18.8. The highest BCUT2D eigenvalue weighted by Gasteiger charge is 2.23. The third-order valence-corrected chi connectivity index (χ3v) is 4.71. The number of anilines is 1. The quantitative estimate of drug-likeness (QED) is 0.314. The van der Waals surface area contributed by atoms with Gasteiger partial charge in [0.05, 0.1) is 34.8 Å². The number of hydrogen-bond acceptors (Lipinski definition) is 8. The number of aliphatic hydroxyl groups is 2. The number of aliphatic hydroxyl groups excluding tert-OH is 2. The van der Waals surface area contributed by atoms with Crippen LogP contribution in [0.1, 0.15) is 11.7 Å². The summed E-state index contributed by atoms with van der Waals surface area (Å²) >= 11 is 0. The number of nitrogens with one attached hydrogen (secondary N) is 1. The van der Waals surface area contributed by atoms with Crippen LogP contribution in [0, 0.1) is 10.1 Å². The lowest BCUT2D eigenvalue weighted by Crippen LogP contribution is -2.31. The van der Waals surface area contributed by atoms with E-state index in [0.717, 1.165) is 5.69 Å². The first kappa shape index (κ1) is 19.4. The minimum absolute atomic E-state index is 0.0784. The first-order valence-electron chi connectivity index (χ1n) is 9.12. The molecule has 30 heavy (non-hydrogen) atoms. The Morgan fingerprint density at radius 3 is 2.50 bits per heavy atom. The van der Waals surface area contributed by atoms with Gasteiger partial charge in [-0.3, -0.25) is 10.1 Å². The van der Waals surface area contributed by atoms with Crippen LogP contribution >= 0.6 is 0 Å². The van der Waals surface area contributed by atoms with Gasteiger partial charge in [0.1, 0.15) is 18.2 Å². The third-order valence-electron chi connectivity index (χ3n) is 4.71. The second kappa shape index (κ2) is 8.23. The van der Waals surface area contributed by atoms with Gasteiger partial charge < -0.3 is 15.5 Å². The van der Waals surface area contributed by atoms with Crippen LogP contribution in [0.2, 0.25) is 0 Å². The van der Waals surface area contributed by atoms with Crippen molar-refractivity contribution >= 4 is 22.5 Å². The predicted octanol–water partition coefficient (Wildman–Crippen LogP) is 2.23. The number of fused-ring (bicyclic) bond motifs is 1. The smallest absolute Gasteiger partial charge is 0.269 e. The van der Waals surface area contributed by atoms with E-state index in [4.69, 9.17) is 0 Å². The van der Waals surface area contributed by atoms with E-state index >= 15 is 0 Å². The van der Waals surface area contributed by atoms with Gasteiger partial charge in [-0.25, -0.2) is 14.6 Å². The maximum Gasteiger partial charge on any atom is 0.269 e. The fraction of sp³-hybridized carbons (Fsp3) is 0.150. The summed E-state index contributed by atoms with van der Waals surface area (Å²) in [5, 5.41) is 39.3. The minimum Gasteiger partial charge on any atom is -0.394 e. The lowest BCUT2D eigenvalue weighted by Gasteiger charge is -2.23. The van der Waals surface area contributed by atoms with Crippen LogP contribution in [-0.2, 0) is 0 Å². The van der Waals surface area contributed by atoms with Crippen molar-refractivity contribution in [3.05, 3.63) is 82.8 Å². The summed E-state index contributed by atoms with van der Waals surface area (Å²) in [6.07, 6.45) is 1.86. The number of non-ortho nitro benzene ring substituents is 1. The molecule has 0 aliphatic heterocycles. The van der Waals surface area contributed by atoms with Crippen molar-refractivity contribution in [3.8, 4) is 5.69 Å². The highest BCUT2D eigenvalue weighted by Crippen LogP contribution is 2.26. The monoisotopic (exact) mass is 406 g/mol. The topological polar surface area (TPSA) is 139 Å². The molecule has 10 heteroatoms. The number of aromatic nitrogens is 4. The normalized spacial score (nSPS) is 13.1. The zero-order valence-electron chi connectivity index (χ0n) is 15.7. The fourth-order valence-corrected chi connectivity index (χ4v) is 3.14. The molecule has 3 N–H and O–H groups in total. The van der Waals surface area contributed by atoms with Crippen LogP contribution in [0.4, 0.5) is 11.5 Å². The Balaban J connectivity index is 1.62. The van der Waals surface area contributed by atoms with E-state index in [1.807, 2.05) is 30.3 Å². The van der Waals surface area contributed by atoms with Crippen molar-refractivity contribution in [2.75, 3.05) is 11.9 Å². The molecule has 0 bridgehead atoms. The molecule has 2 aromatic carbocycles. The molecule has 0 saturated heterocycles. The zero-order chi connectivity index (χ0) is 21.1. The van der Waals surface area contributed by atoms with E-state index in [9.17, 15) is 20.3 Å². The Morgan fingerprint density at radius 2 is 1.83 bits per heavy atom. The van der Waals surface area contributed by atoms with Gasteiger partial charge in [0.2, 0.25) is 0 Å².